The molecular weight excluding hydrogens is 306 g/mol. The van der Waals surface area contributed by atoms with Gasteiger partial charge in [0, 0.05) is 19.2 Å². The number of hydrogen-bond donors (Lipinski definition) is 1. The first kappa shape index (κ1) is 16.6. The van der Waals surface area contributed by atoms with Gasteiger partial charge >= 0.3 is 0 Å². The Labute approximate surface area is 141 Å². The van der Waals surface area contributed by atoms with Crippen molar-refractivity contribution in [1.82, 2.24) is 29.4 Å². The van der Waals surface area contributed by atoms with E-state index in [4.69, 9.17) is 0 Å². The van der Waals surface area contributed by atoms with Gasteiger partial charge < -0.3 is 5.32 Å². The SMILES string of the molecule is Cc1cc(NC(=O)CN2CCCC2Cn2nc(C)nc2C)n(C)n1. The molecule has 3 heterocycles. The maximum Gasteiger partial charge on any atom is 0.239 e. The number of carbonyl (C=O) groups excluding carboxylic acids is 1. The molecule has 0 aliphatic carbocycles. The fraction of sp³-hybridized carbons (Fsp3) is 0.625. The van der Waals surface area contributed by atoms with Crippen LogP contribution in [0.1, 0.15) is 30.2 Å². The Hall–Kier alpha value is -2.22. The predicted molar refractivity (Wildman–Crippen MR) is 90.7 cm³/mol. The van der Waals surface area contributed by atoms with Crippen molar-refractivity contribution in [2.45, 2.75) is 46.2 Å². The summed E-state index contributed by atoms with van der Waals surface area (Å²) in [5.41, 5.74) is 0.892. The van der Waals surface area contributed by atoms with E-state index in [9.17, 15) is 4.79 Å². The van der Waals surface area contributed by atoms with Crippen LogP contribution >= 0.6 is 0 Å². The maximum atomic E-state index is 12.4. The van der Waals surface area contributed by atoms with E-state index >= 15 is 0 Å². The molecule has 24 heavy (non-hydrogen) atoms. The number of amides is 1. The molecule has 130 valence electrons. The Bertz CT molecular complexity index is 733. The summed E-state index contributed by atoms with van der Waals surface area (Å²) in [4.78, 5) is 19.0. The maximum absolute atomic E-state index is 12.4. The van der Waals surface area contributed by atoms with Crippen molar-refractivity contribution < 1.29 is 4.79 Å². The van der Waals surface area contributed by atoms with E-state index in [-0.39, 0.29) is 5.91 Å². The molecule has 2 aromatic rings. The molecule has 1 amide bonds. The molecule has 1 aliphatic heterocycles. The fourth-order valence-electron chi connectivity index (χ4n) is 3.34. The summed E-state index contributed by atoms with van der Waals surface area (Å²) in [7, 11) is 1.83. The molecule has 0 radical (unpaired) electrons. The molecule has 1 N–H and O–H groups in total. The predicted octanol–water partition coefficient (Wildman–Crippen LogP) is 1.04. The van der Waals surface area contributed by atoms with Crippen LogP contribution in [-0.2, 0) is 18.4 Å². The lowest BCUT2D eigenvalue weighted by Crippen LogP contribution is -2.39. The molecule has 1 saturated heterocycles. The molecule has 8 nitrogen and oxygen atoms in total. The van der Waals surface area contributed by atoms with Crippen LogP contribution in [0, 0.1) is 20.8 Å². The second kappa shape index (κ2) is 6.72. The first-order valence-electron chi connectivity index (χ1n) is 8.35. The van der Waals surface area contributed by atoms with E-state index in [2.05, 4.69) is 25.4 Å². The number of rotatable bonds is 5. The van der Waals surface area contributed by atoms with E-state index in [0.29, 0.717) is 12.6 Å². The summed E-state index contributed by atoms with van der Waals surface area (Å²) >= 11 is 0. The van der Waals surface area contributed by atoms with Gasteiger partial charge in [-0.05, 0) is 40.2 Å². The molecule has 2 aromatic heterocycles. The zero-order chi connectivity index (χ0) is 17.3. The lowest BCUT2D eigenvalue weighted by Gasteiger charge is -2.24. The summed E-state index contributed by atoms with van der Waals surface area (Å²) in [5.74, 6) is 2.45. The van der Waals surface area contributed by atoms with E-state index in [1.54, 1.807) is 4.68 Å². The third-order valence-electron chi connectivity index (χ3n) is 4.46. The minimum Gasteiger partial charge on any atom is -0.310 e. The molecular formula is C16H25N7O. The Morgan fingerprint density at radius 1 is 1.33 bits per heavy atom. The second-order valence-electron chi connectivity index (χ2n) is 6.50. The minimum absolute atomic E-state index is 0.00334. The lowest BCUT2D eigenvalue weighted by atomic mass is 10.2. The molecule has 1 fully saturated rings. The van der Waals surface area contributed by atoms with Crippen molar-refractivity contribution in [2.24, 2.45) is 7.05 Å². The molecule has 1 aliphatic rings. The summed E-state index contributed by atoms with van der Waals surface area (Å²) in [6, 6.07) is 2.20. The Balaban J connectivity index is 1.60. The van der Waals surface area contributed by atoms with Crippen molar-refractivity contribution in [1.29, 1.82) is 0 Å². The molecule has 0 bridgehead atoms. The smallest absolute Gasteiger partial charge is 0.239 e. The topological polar surface area (TPSA) is 80.9 Å². The first-order valence-corrected chi connectivity index (χ1v) is 8.35. The number of likely N-dealkylation sites (tertiary alicyclic amines) is 1. The summed E-state index contributed by atoms with van der Waals surface area (Å²) in [6.07, 6.45) is 2.19. The van der Waals surface area contributed by atoms with Crippen LogP contribution in [0.4, 0.5) is 5.82 Å². The highest BCUT2D eigenvalue weighted by Gasteiger charge is 2.27. The molecule has 3 rings (SSSR count). The molecule has 1 unspecified atom stereocenters. The van der Waals surface area contributed by atoms with Crippen LogP contribution in [0.2, 0.25) is 0 Å². The normalized spacial score (nSPS) is 18.2. The monoisotopic (exact) mass is 331 g/mol. The van der Waals surface area contributed by atoms with Gasteiger partial charge in [-0.25, -0.2) is 9.67 Å². The van der Waals surface area contributed by atoms with Crippen molar-refractivity contribution in [3.63, 3.8) is 0 Å². The lowest BCUT2D eigenvalue weighted by molar-refractivity contribution is -0.117. The summed E-state index contributed by atoms with van der Waals surface area (Å²) in [5, 5.41) is 11.6. The van der Waals surface area contributed by atoms with Crippen molar-refractivity contribution in [2.75, 3.05) is 18.4 Å². The third kappa shape index (κ3) is 3.64. The highest BCUT2D eigenvalue weighted by atomic mass is 16.2. The average Bonchev–Trinajstić information content (AvgIpc) is 3.13. The molecule has 0 saturated carbocycles. The number of aromatic nitrogens is 5. The Morgan fingerprint density at radius 3 is 2.75 bits per heavy atom. The Morgan fingerprint density at radius 2 is 2.12 bits per heavy atom. The largest absolute Gasteiger partial charge is 0.310 e. The number of nitrogens with zero attached hydrogens (tertiary/aromatic N) is 6. The van der Waals surface area contributed by atoms with Gasteiger partial charge in [-0.3, -0.25) is 14.4 Å². The number of nitrogens with one attached hydrogen (secondary N) is 1. The molecule has 0 spiro atoms. The number of carbonyl (C=O) groups is 1. The zero-order valence-corrected chi connectivity index (χ0v) is 14.8. The summed E-state index contributed by atoms with van der Waals surface area (Å²) in [6.45, 7) is 7.90. The van der Waals surface area contributed by atoms with Crippen LogP contribution < -0.4 is 5.32 Å². The molecule has 0 aromatic carbocycles. The van der Waals surface area contributed by atoms with E-state index < -0.39 is 0 Å². The van der Waals surface area contributed by atoms with Gasteiger partial charge in [-0.15, -0.1) is 0 Å². The number of hydrogen-bond acceptors (Lipinski definition) is 5. The van der Waals surface area contributed by atoms with Crippen LogP contribution in [0.25, 0.3) is 0 Å². The van der Waals surface area contributed by atoms with Gasteiger partial charge in [0.15, 0.2) is 0 Å². The minimum atomic E-state index is -0.00334. The van der Waals surface area contributed by atoms with Gasteiger partial charge in [-0.2, -0.15) is 10.2 Å². The first-order chi connectivity index (χ1) is 11.4. The number of anilines is 1. The van der Waals surface area contributed by atoms with Crippen LogP contribution in [-0.4, -0.2) is 54.5 Å². The van der Waals surface area contributed by atoms with Gasteiger partial charge in [0.1, 0.15) is 17.5 Å². The van der Waals surface area contributed by atoms with E-state index in [1.807, 2.05) is 38.6 Å². The highest BCUT2D eigenvalue weighted by molar-refractivity contribution is 5.91. The second-order valence-corrected chi connectivity index (χ2v) is 6.50. The highest BCUT2D eigenvalue weighted by Crippen LogP contribution is 2.19. The van der Waals surface area contributed by atoms with E-state index in [1.165, 1.54) is 0 Å². The van der Waals surface area contributed by atoms with Gasteiger partial charge in [0.25, 0.3) is 0 Å². The van der Waals surface area contributed by atoms with Crippen molar-refractivity contribution in [3.8, 4) is 0 Å². The van der Waals surface area contributed by atoms with Crippen LogP contribution in [0.3, 0.4) is 0 Å². The van der Waals surface area contributed by atoms with Crippen molar-refractivity contribution >= 4 is 11.7 Å². The summed E-state index contributed by atoms with van der Waals surface area (Å²) < 4.78 is 3.64. The fourth-order valence-corrected chi connectivity index (χ4v) is 3.34. The zero-order valence-electron chi connectivity index (χ0n) is 14.8. The average molecular weight is 331 g/mol. The van der Waals surface area contributed by atoms with E-state index in [0.717, 1.165) is 49.1 Å². The number of aryl methyl sites for hydroxylation is 4. The molecule has 8 heteroatoms. The Kier molecular flexibility index (Phi) is 4.66. The standard InChI is InChI=1S/C16H25N7O/c1-11-8-15(21(4)19-11)18-16(24)10-22-7-5-6-14(22)9-23-13(3)17-12(2)20-23/h8,14H,5-7,9-10H2,1-4H3,(H,18,24). The van der Waals surface area contributed by atoms with Gasteiger partial charge in [-0.1, -0.05) is 0 Å². The molecule has 1 atom stereocenters. The third-order valence-corrected chi connectivity index (χ3v) is 4.46. The van der Waals surface area contributed by atoms with Gasteiger partial charge in [0.2, 0.25) is 5.91 Å². The van der Waals surface area contributed by atoms with Crippen LogP contribution in [0.15, 0.2) is 6.07 Å². The van der Waals surface area contributed by atoms with Crippen LogP contribution in [0.5, 0.6) is 0 Å². The van der Waals surface area contributed by atoms with Gasteiger partial charge in [0.05, 0.1) is 18.8 Å². The quantitative estimate of drug-likeness (QED) is 0.885. The van der Waals surface area contributed by atoms with Crippen molar-refractivity contribution in [3.05, 3.63) is 23.4 Å².